The molecule has 0 aromatic heterocycles. The zero-order valence-corrected chi connectivity index (χ0v) is 10.4. The summed E-state index contributed by atoms with van der Waals surface area (Å²) in [6.07, 6.45) is 2.83. The summed E-state index contributed by atoms with van der Waals surface area (Å²) in [5.74, 6) is 0.0946. The summed E-state index contributed by atoms with van der Waals surface area (Å²) in [4.78, 5) is 0. The van der Waals surface area contributed by atoms with E-state index in [4.69, 9.17) is 11.0 Å². The first-order chi connectivity index (χ1) is 8.62. The monoisotopic (exact) mass is 242 g/mol. The van der Waals surface area contributed by atoms with Crippen molar-refractivity contribution in [2.45, 2.75) is 32.7 Å². The summed E-state index contributed by atoms with van der Waals surface area (Å²) in [6, 6.07) is 5.21. The zero-order valence-electron chi connectivity index (χ0n) is 10.4. The Hall–Kier alpha value is -2.52. The van der Waals surface area contributed by atoms with Crippen LogP contribution in [0.15, 0.2) is 16.5 Å². The highest BCUT2D eigenvalue weighted by Gasteiger charge is 2.54. The molecule has 1 heterocycles. The van der Waals surface area contributed by atoms with E-state index in [0.717, 1.165) is 0 Å². The third kappa shape index (κ3) is 1.67. The molecule has 0 fully saturated rings. The van der Waals surface area contributed by atoms with Crippen LogP contribution in [0.4, 0.5) is 0 Å². The topological polar surface area (TPSA) is 113 Å². The fraction of sp³-hybridized carbons (Fsp3) is 0.500. The van der Waals surface area contributed by atoms with Crippen LogP contribution in [0.25, 0.3) is 0 Å². The number of nitrogens with two attached hydrogens (primary N) is 1. The lowest BCUT2D eigenvalue weighted by Crippen LogP contribution is -2.38. The minimum atomic E-state index is -1.53. The van der Waals surface area contributed by atoms with Gasteiger partial charge in [0.05, 0.1) is 18.2 Å². The number of hydrogen-bond donors (Lipinski definition) is 1. The first-order valence-electron chi connectivity index (χ1n) is 5.67. The van der Waals surface area contributed by atoms with Gasteiger partial charge in [0.1, 0.15) is 17.5 Å². The molecule has 0 radical (unpaired) electrons. The summed E-state index contributed by atoms with van der Waals surface area (Å²) >= 11 is 0. The molecule has 0 saturated carbocycles. The molecule has 0 aliphatic carbocycles. The minimum absolute atomic E-state index is 0.00685. The van der Waals surface area contributed by atoms with Gasteiger partial charge in [-0.25, -0.2) is 5.01 Å². The highest BCUT2D eigenvalue weighted by Crippen LogP contribution is 2.43. The average molecular weight is 242 g/mol. The van der Waals surface area contributed by atoms with Crippen LogP contribution in [0.3, 0.4) is 0 Å². The molecule has 18 heavy (non-hydrogen) atoms. The van der Waals surface area contributed by atoms with Gasteiger partial charge in [-0.1, -0.05) is 13.8 Å². The van der Waals surface area contributed by atoms with Crippen molar-refractivity contribution in [3.63, 3.8) is 0 Å². The Morgan fingerprint density at radius 2 is 2.00 bits per heavy atom. The SMILES string of the molecule is CC/C=N/N1C(N)=C(C#N)C(C#N)(C#N)C1CC. The first-order valence-corrected chi connectivity index (χ1v) is 5.67. The quantitative estimate of drug-likeness (QED) is 0.747. The van der Waals surface area contributed by atoms with E-state index in [2.05, 4.69) is 5.10 Å². The summed E-state index contributed by atoms with van der Waals surface area (Å²) in [6.45, 7) is 3.74. The molecule has 1 aliphatic heterocycles. The van der Waals surface area contributed by atoms with E-state index in [1.807, 2.05) is 32.1 Å². The normalized spacial score (nSPS) is 21.7. The van der Waals surface area contributed by atoms with Gasteiger partial charge in [0.15, 0.2) is 0 Å². The third-order valence-electron chi connectivity index (χ3n) is 2.93. The Bertz CT molecular complexity index is 496. The minimum Gasteiger partial charge on any atom is -0.383 e. The van der Waals surface area contributed by atoms with Crippen molar-refractivity contribution < 1.29 is 0 Å². The van der Waals surface area contributed by atoms with Crippen molar-refractivity contribution in [1.82, 2.24) is 5.01 Å². The highest BCUT2D eigenvalue weighted by atomic mass is 15.5. The molecule has 6 heteroatoms. The molecule has 6 nitrogen and oxygen atoms in total. The fourth-order valence-corrected chi connectivity index (χ4v) is 2.06. The predicted molar refractivity (Wildman–Crippen MR) is 65.2 cm³/mol. The van der Waals surface area contributed by atoms with Crippen LogP contribution in [0, 0.1) is 39.4 Å². The van der Waals surface area contributed by atoms with E-state index in [1.165, 1.54) is 5.01 Å². The van der Waals surface area contributed by atoms with Crippen LogP contribution in [0.2, 0.25) is 0 Å². The lowest BCUT2D eigenvalue weighted by atomic mass is 9.78. The molecule has 0 aromatic carbocycles. The Labute approximate surface area is 106 Å². The van der Waals surface area contributed by atoms with E-state index < -0.39 is 11.5 Å². The van der Waals surface area contributed by atoms with Crippen LogP contribution in [-0.2, 0) is 0 Å². The van der Waals surface area contributed by atoms with Gasteiger partial charge < -0.3 is 5.73 Å². The number of hydrogen-bond acceptors (Lipinski definition) is 6. The van der Waals surface area contributed by atoms with E-state index in [-0.39, 0.29) is 11.4 Å². The maximum absolute atomic E-state index is 9.29. The largest absolute Gasteiger partial charge is 0.383 e. The van der Waals surface area contributed by atoms with E-state index in [1.54, 1.807) is 6.21 Å². The second-order valence-electron chi connectivity index (χ2n) is 3.88. The molecular formula is C12H14N6. The van der Waals surface area contributed by atoms with Gasteiger partial charge in [0, 0.05) is 6.21 Å². The molecule has 2 N–H and O–H groups in total. The van der Waals surface area contributed by atoms with Crippen LogP contribution >= 0.6 is 0 Å². The molecule has 1 rings (SSSR count). The maximum Gasteiger partial charge on any atom is 0.204 e. The molecule has 1 atom stereocenters. The maximum atomic E-state index is 9.29. The van der Waals surface area contributed by atoms with Gasteiger partial charge in [-0.3, -0.25) is 0 Å². The lowest BCUT2D eigenvalue weighted by Gasteiger charge is -2.26. The van der Waals surface area contributed by atoms with Crippen molar-refractivity contribution in [2.75, 3.05) is 0 Å². The van der Waals surface area contributed by atoms with Crippen LogP contribution in [0.5, 0.6) is 0 Å². The van der Waals surface area contributed by atoms with Gasteiger partial charge in [-0.15, -0.1) is 0 Å². The summed E-state index contributed by atoms with van der Waals surface area (Å²) < 4.78 is 0. The number of nitriles is 3. The smallest absolute Gasteiger partial charge is 0.204 e. The first kappa shape index (κ1) is 13.5. The van der Waals surface area contributed by atoms with Gasteiger partial charge in [0.2, 0.25) is 5.41 Å². The zero-order chi connectivity index (χ0) is 13.8. The molecule has 0 bridgehead atoms. The number of nitrogens with zero attached hydrogens (tertiary/aromatic N) is 5. The highest BCUT2D eigenvalue weighted by molar-refractivity contribution is 5.57. The lowest BCUT2D eigenvalue weighted by molar-refractivity contribution is 0.231. The fourth-order valence-electron chi connectivity index (χ4n) is 2.06. The summed E-state index contributed by atoms with van der Waals surface area (Å²) in [7, 11) is 0. The third-order valence-corrected chi connectivity index (χ3v) is 2.93. The van der Waals surface area contributed by atoms with Crippen LogP contribution in [-0.4, -0.2) is 17.3 Å². The Morgan fingerprint density at radius 1 is 1.39 bits per heavy atom. The molecule has 0 aromatic rings. The Balaban J connectivity index is 3.42. The Morgan fingerprint density at radius 3 is 2.39 bits per heavy atom. The Kier molecular flexibility index (Phi) is 3.92. The second kappa shape index (κ2) is 5.21. The van der Waals surface area contributed by atoms with Crippen molar-refractivity contribution in [3.8, 4) is 18.2 Å². The second-order valence-corrected chi connectivity index (χ2v) is 3.88. The molecular weight excluding hydrogens is 228 g/mol. The number of hydrazone groups is 1. The van der Waals surface area contributed by atoms with Crippen molar-refractivity contribution in [2.24, 2.45) is 16.3 Å². The van der Waals surface area contributed by atoms with Crippen molar-refractivity contribution >= 4 is 6.21 Å². The molecule has 92 valence electrons. The summed E-state index contributed by atoms with van der Waals surface area (Å²) in [5.41, 5.74) is 4.30. The molecule has 0 saturated heterocycles. The summed E-state index contributed by atoms with van der Waals surface area (Å²) in [5, 5.41) is 33.2. The molecule has 1 aliphatic rings. The van der Waals surface area contributed by atoms with Gasteiger partial charge in [-0.05, 0) is 12.8 Å². The molecule has 0 spiro atoms. The van der Waals surface area contributed by atoms with Crippen LogP contribution in [0.1, 0.15) is 26.7 Å². The van der Waals surface area contributed by atoms with Gasteiger partial charge in [-0.2, -0.15) is 20.9 Å². The molecule has 0 amide bonds. The van der Waals surface area contributed by atoms with Crippen LogP contribution < -0.4 is 5.73 Å². The van der Waals surface area contributed by atoms with Gasteiger partial charge in [0.25, 0.3) is 0 Å². The van der Waals surface area contributed by atoms with Crippen molar-refractivity contribution in [3.05, 3.63) is 11.4 Å². The van der Waals surface area contributed by atoms with E-state index >= 15 is 0 Å². The van der Waals surface area contributed by atoms with Gasteiger partial charge >= 0.3 is 0 Å². The standard InChI is InChI=1S/C12H14N6/c1-3-5-17-18-10(4-2)12(7-14,8-15)9(6-13)11(18)16/h5,10H,3-4,16H2,1-2H3/b17-5+. The predicted octanol–water partition coefficient (Wildman–Crippen LogP) is 1.20. The van der Waals surface area contributed by atoms with Crippen molar-refractivity contribution in [1.29, 1.82) is 15.8 Å². The average Bonchev–Trinajstić information content (AvgIpc) is 2.64. The van der Waals surface area contributed by atoms with E-state index in [9.17, 15) is 10.5 Å². The van der Waals surface area contributed by atoms with E-state index in [0.29, 0.717) is 12.8 Å². The molecule has 1 unspecified atom stereocenters. The number of rotatable bonds is 3.